The first kappa shape index (κ1) is 29.5. The summed E-state index contributed by atoms with van der Waals surface area (Å²) in [5.41, 5.74) is 1.12. The summed E-state index contributed by atoms with van der Waals surface area (Å²) in [7, 11) is 0. The molecule has 192 valence electrons. The van der Waals surface area contributed by atoms with E-state index in [2.05, 4.69) is 24.5 Å². The molecule has 0 aliphatic carbocycles. The van der Waals surface area contributed by atoms with Gasteiger partial charge in [-0.2, -0.15) is 0 Å². The van der Waals surface area contributed by atoms with Gasteiger partial charge in [-0.05, 0) is 53.0 Å². The van der Waals surface area contributed by atoms with E-state index in [9.17, 15) is 14.4 Å². The van der Waals surface area contributed by atoms with Crippen LogP contribution in [0, 0.1) is 6.92 Å². The topological polar surface area (TPSA) is 87.7 Å². The first-order chi connectivity index (χ1) is 16.0. The summed E-state index contributed by atoms with van der Waals surface area (Å²) in [5.74, 6) is -0.514. The molecule has 1 rings (SSSR count). The minimum Gasteiger partial charge on any atom is -0.444 e. The number of nitrogens with zero attached hydrogens (tertiary/aromatic N) is 1. The van der Waals surface area contributed by atoms with E-state index in [0.717, 1.165) is 49.7 Å². The van der Waals surface area contributed by atoms with E-state index in [1.165, 1.54) is 0 Å². The SMILES string of the molecule is CCCCCCN(C(=O)CNC(=O)OC(C)(C)C)C(C(=O)NC(C)CCC)c1cccc(C)c1. The number of unbranched alkanes of at least 4 members (excludes halogenated alkanes) is 3. The summed E-state index contributed by atoms with van der Waals surface area (Å²) in [5, 5.41) is 5.64. The second-order valence-corrected chi connectivity index (χ2v) is 10.0. The van der Waals surface area contributed by atoms with Gasteiger partial charge in [0.2, 0.25) is 11.8 Å². The van der Waals surface area contributed by atoms with E-state index in [4.69, 9.17) is 4.74 Å². The van der Waals surface area contributed by atoms with Crippen molar-refractivity contribution in [3.8, 4) is 0 Å². The average Bonchev–Trinajstić information content (AvgIpc) is 2.73. The third-order valence-electron chi connectivity index (χ3n) is 5.38. The Bertz CT molecular complexity index is 788. The molecule has 2 atom stereocenters. The van der Waals surface area contributed by atoms with Crippen molar-refractivity contribution in [2.45, 2.75) is 105 Å². The lowest BCUT2D eigenvalue weighted by Gasteiger charge is -2.33. The van der Waals surface area contributed by atoms with Crippen molar-refractivity contribution in [1.29, 1.82) is 0 Å². The Hall–Kier alpha value is -2.57. The van der Waals surface area contributed by atoms with Crippen LogP contribution < -0.4 is 10.6 Å². The maximum absolute atomic E-state index is 13.5. The second-order valence-electron chi connectivity index (χ2n) is 10.0. The van der Waals surface area contributed by atoms with E-state index in [0.29, 0.717) is 6.54 Å². The zero-order chi connectivity index (χ0) is 25.7. The molecule has 0 spiro atoms. The number of ether oxygens (including phenoxy) is 1. The summed E-state index contributed by atoms with van der Waals surface area (Å²) in [4.78, 5) is 40.6. The highest BCUT2D eigenvalue weighted by Crippen LogP contribution is 2.24. The quantitative estimate of drug-likeness (QED) is 0.380. The van der Waals surface area contributed by atoms with Crippen LogP contribution in [-0.4, -0.2) is 47.5 Å². The molecule has 7 heteroatoms. The van der Waals surface area contributed by atoms with Crippen LogP contribution in [0.2, 0.25) is 0 Å². The fraction of sp³-hybridized carbons (Fsp3) is 0.667. The van der Waals surface area contributed by atoms with E-state index in [1.807, 2.05) is 38.1 Å². The second kappa shape index (κ2) is 14.6. The van der Waals surface area contributed by atoms with Gasteiger partial charge in [-0.1, -0.05) is 69.4 Å². The largest absolute Gasteiger partial charge is 0.444 e. The molecule has 1 aromatic carbocycles. The van der Waals surface area contributed by atoms with E-state index < -0.39 is 17.7 Å². The third-order valence-corrected chi connectivity index (χ3v) is 5.38. The molecule has 2 N–H and O–H groups in total. The van der Waals surface area contributed by atoms with E-state index >= 15 is 0 Å². The lowest BCUT2D eigenvalue weighted by atomic mass is 10.0. The van der Waals surface area contributed by atoms with Crippen LogP contribution in [0.3, 0.4) is 0 Å². The summed E-state index contributed by atoms with van der Waals surface area (Å²) in [6, 6.07) is 6.93. The number of carbonyl (C=O) groups excluding carboxylic acids is 3. The Balaban J connectivity index is 3.19. The predicted octanol–water partition coefficient (Wildman–Crippen LogP) is 5.27. The Morgan fingerprint density at radius 3 is 2.35 bits per heavy atom. The summed E-state index contributed by atoms with van der Waals surface area (Å²) in [6.07, 6.45) is 5.05. The van der Waals surface area contributed by atoms with Crippen LogP contribution in [0.25, 0.3) is 0 Å². The smallest absolute Gasteiger partial charge is 0.408 e. The monoisotopic (exact) mass is 475 g/mol. The predicted molar refractivity (Wildman–Crippen MR) is 137 cm³/mol. The molecule has 0 fully saturated rings. The van der Waals surface area contributed by atoms with Crippen LogP contribution in [0.5, 0.6) is 0 Å². The summed E-state index contributed by atoms with van der Waals surface area (Å²) < 4.78 is 5.27. The highest BCUT2D eigenvalue weighted by molar-refractivity contribution is 5.90. The maximum Gasteiger partial charge on any atom is 0.408 e. The summed E-state index contributed by atoms with van der Waals surface area (Å²) >= 11 is 0. The number of amides is 3. The number of carbonyl (C=O) groups is 3. The molecular formula is C27H45N3O4. The van der Waals surface area contributed by atoms with Crippen molar-refractivity contribution in [1.82, 2.24) is 15.5 Å². The minimum absolute atomic E-state index is 0.00161. The van der Waals surface area contributed by atoms with E-state index in [-0.39, 0.29) is 24.4 Å². The molecule has 2 unspecified atom stereocenters. The lowest BCUT2D eigenvalue weighted by molar-refractivity contribution is -0.140. The van der Waals surface area contributed by atoms with Gasteiger partial charge in [0.05, 0.1) is 0 Å². The van der Waals surface area contributed by atoms with Crippen LogP contribution in [0.1, 0.15) is 97.2 Å². The van der Waals surface area contributed by atoms with Crippen LogP contribution >= 0.6 is 0 Å². The minimum atomic E-state index is -0.770. The Labute approximate surface area is 206 Å². The van der Waals surface area contributed by atoms with Gasteiger partial charge >= 0.3 is 6.09 Å². The number of hydrogen-bond donors (Lipinski definition) is 2. The number of hydrogen-bond acceptors (Lipinski definition) is 4. The van der Waals surface area contributed by atoms with Gasteiger partial charge in [0, 0.05) is 12.6 Å². The number of nitrogens with one attached hydrogen (secondary N) is 2. The Morgan fingerprint density at radius 1 is 1.06 bits per heavy atom. The molecule has 0 aromatic heterocycles. The van der Waals surface area contributed by atoms with Gasteiger partial charge in [-0.15, -0.1) is 0 Å². The first-order valence-corrected chi connectivity index (χ1v) is 12.6. The Kier molecular flexibility index (Phi) is 12.7. The molecule has 0 saturated carbocycles. The van der Waals surface area contributed by atoms with Gasteiger partial charge in [-0.25, -0.2) is 4.79 Å². The standard InChI is InChI=1S/C27H45N3O4/c1-8-10-11-12-17-30(23(31)19-28-26(33)34-27(5,6)7)24(22-16-13-15-20(3)18-22)25(32)29-21(4)14-9-2/h13,15-16,18,21,24H,8-12,14,17,19H2,1-7H3,(H,28,33)(H,29,32). The van der Waals surface area contributed by atoms with Gasteiger partial charge in [0.1, 0.15) is 18.2 Å². The Morgan fingerprint density at radius 2 is 1.76 bits per heavy atom. The van der Waals surface area contributed by atoms with Crippen molar-refractivity contribution < 1.29 is 19.1 Å². The number of benzene rings is 1. The van der Waals surface area contributed by atoms with Gasteiger partial charge in [0.25, 0.3) is 0 Å². The maximum atomic E-state index is 13.5. The van der Waals surface area contributed by atoms with Crippen molar-refractivity contribution in [3.05, 3.63) is 35.4 Å². The average molecular weight is 476 g/mol. The molecule has 0 radical (unpaired) electrons. The van der Waals surface area contributed by atoms with Crippen LogP contribution in [0.15, 0.2) is 24.3 Å². The highest BCUT2D eigenvalue weighted by Gasteiger charge is 2.32. The van der Waals surface area contributed by atoms with Gasteiger partial charge in [-0.3, -0.25) is 9.59 Å². The molecule has 0 aliphatic rings. The molecule has 0 bridgehead atoms. The molecule has 3 amide bonds. The van der Waals surface area contributed by atoms with Crippen molar-refractivity contribution >= 4 is 17.9 Å². The molecule has 34 heavy (non-hydrogen) atoms. The summed E-state index contributed by atoms with van der Waals surface area (Å²) in [6.45, 7) is 13.7. The highest BCUT2D eigenvalue weighted by atomic mass is 16.6. The van der Waals surface area contributed by atoms with Crippen molar-refractivity contribution in [2.75, 3.05) is 13.1 Å². The van der Waals surface area contributed by atoms with Gasteiger partial charge < -0.3 is 20.3 Å². The lowest BCUT2D eigenvalue weighted by Crippen LogP contribution is -2.49. The first-order valence-electron chi connectivity index (χ1n) is 12.6. The number of alkyl carbamates (subject to hydrolysis) is 1. The molecule has 1 aromatic rings. The van der Waals surface area contributed by atoms with Crippen LogP contribution in [-0.2, 0) is 14.3 Å². The van der Waals surface area contributed by atoms with Gasteiger partial charge in [0.15, 0.2) is 0 Å². The fourth-order valence-corrected chi connectivity index (χ4v) is 3.81. The third kappa shape index (κ3) is 11.0. The normalized spacial score (nSPS) is 13.0. The zero-order valence-electron chi connectivity index (χ0n) is 22.2. The van der Waals surface area contributed by atoms with Crippen molar-refractivity contribution in [3.63, 3.8) is 0 Å². The molecular weight excluding hydrogens is 430 g/mol. The molecule has 7 nitrogen and oxygen atoms in total. The number of aryl methyl sites for hydroxylation is 1. The number of rotatable bonds is 13. The van der Waals surface area contributed by atoms with E-state index in [1.54, 1.807) is 25.7 Å². The van der Waals surface area contributed by atoms with Crippen LogP contribution in [0.4, 0.5) is 4.79 Å². The zero-order valence-corrected chi connectivity index (χ0v) is 22.2. The molecule has 0 saturated heterocycles. The molecule has 0 aliphatic heterocycles. The fourth-order valence-electron chi connectivity index (χ4n) is 3.81. The molecule has 0 heterocycles. The van der Waals surface area contributed by atoms with Crippen molar-refractivity contribution in [2.24, 2.45) is 0 Å².